The maximum absolute atomic E-state index is 13.0. The van der Waals surface area contributed by atoms with Gasteiger partial charge in [0.15, 0.2) is 5.52 Å². The summed E-state index contributed by atoms with van der Waals surface area (Å²) >= 11 is 0. The van der Waals surface area contributed by atoms with Gasteiger partial charge in [0.25, 0.3) is 0 Å². The lowest BCUT2D eigenvalue weighted by atomic mass is 10.0. The maximum atomic E-state index is 13.0. The van der Waals surface area contributed by atoms with Gasteiger partial charge in [-0.1, -0.05) is 60.7 Å². The van der Waals surface area contributed by atoms with Crippen LogP contribution >= 0.6 is 0 Å². The Hall–Kier alpha value is -3.20. The first-order chi connectivity index (χ1) is 11.8. The highest BCUT2D eigenvalue weighted by Gasteiger charge is 2.19. The summed E-state index contributed by atoms with van der Waals surface area (Å²) < 4.78 is 0.977. The standard InChI is InChI=1S/C21H16N2O/c24-23-20(15-16-9-3-1-4-10-16)18-13-7-8-14-19(18)22-21(23)17-11-5-2-6-12-17/h1-14H,15H2. The molecule has 4 aromatic rings. The second kappa shape index (κ2) is 6.13. The summed E-state index contributed by atoms with van der Waals surface area (Å²) in [5.74, 6) is 0.445. The van der Waals surface area contributed by atoms with Crippen molar-refractivity contribution >= 4 is 10.9 Å². The normalized spacial score (nSPS) is 10.8. The van der Waals surface area contributed by atoms with Crippen LogP contribution in [0.4, 0.5) is 0 Å². The average molecular weight is 312 g/mol. The van der Waals surface area contributed by atoms with Crippen LogP contribution in [-0.4, -0.2) is 4.98 Å². The monoisotopic (exact) mass is 312 g/mol. The van der Waals surface area contributed by atoms with Gasteiger partial charge < -0.3 is 5.21 Å². The first-order valence-electron chi connectivity index (χ1n) is 7.93. The molecule has 3 heteroatoms. The fourth-order valence-corrected chi connectivity index (χ4v) is 2.94. The van der Waals surface area contributed by atoms with Crippen LogP contribution < -0.4 is 4.73 Å². The van der Waals surface area contributed by atoms with Crippen molar-refractivity contribution in [2.45, 2.75) is 6.42 Å². The quantitative estimate of drug-likeness (QED) is 0.421. The molecule has 0 unspecified atom stereocenters. The van der Waals surface area contributed by atoms with E-state index in [1.54, 1.807) is 0 Å². The van der Waals surface area contributed by atoms with E-state index in [9.17, 15) is 5.21 Å². The zero-order valence-electron chi connectivity index (χ0n) is 13.1. The van der Waals surface area contributed by atoms with Crippen molar-refractivity contribution in [3.8, 4) is 11.4 Å². The molecule has 4 rings (SSSR count). The number of benzene rings is 3. The molecular weight excluding hydrogens is 296 g/mol. The molecule has 0 spiro atoms. The second-order valence-corrected chi connectivity index (χ2v) is 5.72. The lowest BCUT2D eigenvalue weighted by molar-refractivity contribution is -0.603. The molecule has 0 aliphatic rings. The van der Waals surface area contributed by atoms with Crippen molar-refractivity contribution in [1.29, 1.82) is 0 Å². The Morgan fingerprint density at radius 1 is 0.750 bits per heavy atom. The number of para-hydroxylation sites is 1. The Balaban J connectivity index is 1.95. The van der Waals surface area contributed by atoms with Crippen molar-refractivity contribution in [3.05, 3.63) is 101 Å². The van der Waals surface area contributed by atoms with Gasteiger partial charge in [0.2, 0.25) is 0 Å². The van der Waals surface area contributed by atoms with Crippen LogP contribution in [0.25, 0.3) is 22.3 Å². The summed E-state index contributed by atoms with van der Waals surface area (Å²) in [5.41, 5.74) is 3.50. The number of rotatable bonds is 3. The van der Waals surface area contributed by atoms with Crippen LogP contribution in [-0.2, 0) is 6.42 Å². The number of aromatic nitrogens is 2. The molecule has 0 N–H and O–H groups in total. The first-order valence-corrected chi connectivity index (χ1v) is 7.93. The molecule has 0 radical (unpaired) electrons. The molecule has 1 aromatic heterocycles. The number of hydrogen-bond donors (Lipinski definition) is 0. The van der Waals surface area contributed by atoms with E-state index >= 15 is 0 Å². The molecule has 0 aliphatic carbocycles. The van der Waals surface area contributed by atoms with Gasteiger partial charge in [0.05, 0.1) is 10.9 Å². The molecule has 0 bridgehead atoms. The summed E-state index contributed by atoms with van der Waals surface area (Å²) in [4.78, 5) is 4.60. The Morgan fingerprint density at radius 3 is 2.12 bits per heavy atom. The van der Waals surface area contributed by atoms with Gasteiger partial charge in [0.1, 0.15) is 5.69 Å². The highest BCUT2D eigenvalue weighted by atomic mass is 16.5. The van der Waals surface area contributed by atoms with Crippen LogP contribution in [0.2, 0.25) is 0 Å². The largest absolute Gasteiger partial charge is 0.710 e. The zero-order valence-corrected chi connectivity index (χ0v) is 13.1. The topological polar surface area (TPSA) is 39.8 Å². The fraction of sp³-hybridized carbons (Fsp3) is 0.0476. The summed E-state index contributed by atoms with van der Waals surface area (Å²) in [6, 6.07) is 27.5. The Kier molecular flexibility index (Phi) is 3.67. The van der Waals surface area contributed by atoms with Gasteiger partial charge in [-0.15, -0.1) is 0 Å². The SMILES string of the molecule is [O-][n+]1c(-c2ccccc2)nc2ccccc2c1Cc1ccccc1. The van der Waals surface area contributed by atoms with Crippen molar-refractivity contribution in [2.75, 3.05) is 0 Å². The maximum Gasteiger partial charge on any atom is 0.334 e. The van der Waals surface area contributed by atoms with Gasteiger partial charge in [0, 0.05) is 6.42 Å². The fourth-order valence-electron chi connectivity index (χ4n) is 2.94. The van der Waals surface area contributed by atoms with Gasteiger partial charge in [-0.05, 0) is 34.8 Å². The molecule has 0 fully saturated rings. The highest BCUT2D eigenvalue weighted by molar-refractivity contribution is 5.81. The van der Waals surface area contributed by atoms with Crippen LogP contribution in [0, 0.1) is 5.21 Å². The molecule has 1 heterocycles. The Bertz CT molecular complexity index is 983. The van der Waals surface area contributed by atoms with Crippen LogP contribution in [0.15, 0.2) is 84.9 Å². The molecule has 116 valence electrons. The molecule has 0 saturated heterocycles. The summed E-state index contributed by atoms with van der Waals surface area (Å²) in [6.45, 7) is 0. The molecule has 0 aliphatic heterocycles. The average Bonchev–Trinajstić information content (AvgIpc) is 2.65. The second-order valence-electron chi connectivity index (χ2n) is 5.72. The summed E-state index contributed by atoms with van der Waals surface area (Å²) in [7, 11) is 0. The predicted octanol–water partition coefficient (Wildman–Crippen LogP) is 4.13. The Morgan fingerprint density at radius 2 is 1.38 bits per heavy atom. The van der Waals surface area contributed by atoms with E-state index in [-0.39, 0.29) is 0 Å². The zero-order chi connectivity index (χ0) is 16.4. The van der Waals surface area contributed by atoms with Gasteiger partial charge >= 0.3 is 5.82 Å². The molecule has 0 atom stereocenters. The highest BCUT2D eigenvalue weighted by Crippen LogP contribution is 2.21. The third-order valence-corrected chi connectivity index (χ3v) is 4.13. The Labute approximate surface area is 140 Å². The van der Waals surface area contributed by atoms with E-state index in [0.717, 1.165) is 32.5 Å². The molecule has 3 aromatic carbocycles. The number of fused-ring (bicyclic) bond motifs is 1. The first kappa shape index (κ1) is 14.4. The van der Waals surface area contributed by atoms with E-state index in [1.165, 1.54) is 0 Å². The smallest absolute Gasteiger partial charge is 0.334 e. The lowest BCUT2D eigenvalue weighted by Crippen LogP contribution is -2.36. The van der Waals surface area contributed by atoms with Crippen LogP contribution in [0.3, 0.4) is 0 Å². The number of hydrogen-bond acceptors (Lipinski definition) is 2. The van der Waals surface area contributed by atoms with Crippen molar-refractivity contribution in [1.82, 2.24) is 4.98 Å². The third-order valence-electron chi connectivity index (χ3n) is 4.13. The summed E-state index contributed by atoms with van der Waals surface area (Å²) in [5, 5.41) is 13.9. The molecule has 0 saturated carbocycles. The minimum Gasteiger partial charge on any atom is -0.710 e. The molecule has 24 heavy (non-hydrogen) atoms. The van der Waals surface area contributed by atoms with Crippen molar-refractivity contribution in [3.63, 3.8) is 0 Å². The minimum atomic E-state index is 0.445. The van der Waals surface area contributed by atoms with E-state index in [1.807, 2.05) is 84.9 Å². The van der Waals surface area contributed by atoms with Crippen molar-refractivity contribution in [2.24, 2.45) is 0 Å². The van der Waals surface area contributed by atoms with E-state index in [0.29, 0.717) is 12.2 Å². The van der Waals surface area contributed by atoms with Crippen molar-refractivity contribution < 1.29 is 4.73 Å². The lowest BCUT2D eigenvalue weighted by Gasteiger charge is -2.14. The predicted molar refractivity (Wildman–Crippen MR) is 95.4 cm³/mol. The number of nitrogens with zero attached hydrogens (tertiary/aromatic N) is 2. The van der Waals surface area contributed by atoms with E-state index in [2.05, 4.69) is 4.98 Å². The van der Waals surface area contributed by atoms with E-state index in [4.69, 9.17) is 0 Å². The van der Waals surface area contributed by atoms with Crippen LogP contribution in [0.5, 0.6) is 0 Å². The van der Waals surface area contributed by atoms with Gasteiger partial charge in [-0.3, -0.25) is 0 Å². The third kappa shape index (κ3) is 2.61. The van der Waals surface area contributed by atoms with Gasteiger partial charge in [-0.2, -0.15) is 0 Å². The molecule has 0 amide bonds. The minimum absolute atomic E-state index is 0.445. The summed E-state index contributed by atoms with van der Waals surface area (Å²) in [6.07, 6.45) is 0.577. The molecular formula is C21H16N2O. The van der Waals surface area contributed by atoms with E-state index < -0.39 is 0 Å². The van der Waals surface area contributed by atoms with Crippen LogP contribution in [0.1, 0.15) is 11.3 Å². The van der Waals surface area contributed by atoms with Gasteiger partial charge in [-0.25, -0.2) is 4.73 Å². The molecule has 3 nitrogen and oxygen atoms in total.